The predicted molar refractivity (Wildman–Crippen MR) is 67.4 cm³/mol. The van der Waals surface area contributed by atoms with Gasteiger partial charge < -0.3 is 9.84 Å². The van der Waals surface area contributed by atoms with Crippen LogP contribution in [0.15, 0.2) is 24.3 Å². The molecule has 1 aliphatic heterocycles. The van der Waals surface area contributed by atoms with Crippen molar-refractivity contribution in [1.82, 2.24) is 0 Å². The molecule has 1 atom stereocenters. The smallest absolute Gasteiger partial charge is 0.391 e. The summed E-state index contributed by atoms with van der Waals surface area (Å²) in [5, 5.41) is 10.2. The summed E-state index contributed by atoms with van der Waals surface area (Å²) in [6.45, 7) is 0. The molecule has 2 nitrogen and oxygen atoms in total. The first-order valence-corrected chi connectivity index (χ1v) is 6.92. The number of rotatable bonds is 0. The lowest BCUT2D eigenvalue weighted by molar-refractivity contribution is -0.193. The van der Waals surface area contributed by atoms with Crippen LogP contribution >= 0.6 is 0 Å². The molecule has 0 aromatic heterocycles. The van der Waals surface area contributed by atoms with Crippen molar-refractivity contribution in [2.45, 2.75) is 50.0 Å². The van der Waals surface area contributed by atoms with Gasteiger partial charge in [-0.05, 0) is 31.7 Å². The maximum atomic E-state index is 12.7. The van der Waals surface area contributed by atoms with Crippen molar-refractivity contribution in [3.8, 4) is 5.75 Å². The van der Waals surface area contributed by atoms with Crippen LogP contribution in [-0.4, -0.2) is 16.9 Å². The van der Waals surface area contributed by atoms with Gasteiger partial charge in [-0.2, -0.15) is 13.2 Å². The lowest BCUT2D eigenvalue weighted by Gasteiger charge is -2.45. The SMILES string of the molecule is O[C@@H]1CC2(CCC(C(F)(F)F)CC2)Oc2ccccc21. The van der Waals surface area contributed by atoms with Crippen molar-refractivity contribution < 1.29 is 23.0 Å². The highest BCUT2D eigenvalue weighted by atomic mass is 19.4. The van der Waals surface area contributed by atoms with Crippen molar-refractivity contribution in [2.24, 2.45) is 5.92 Å². The molecule has 20 heavy (non-hydrogen) atoms. The molecule has 0 saturated heterocycles. The fourth-order valence-corrected chi connectivity index (χ4v) is 3.36. The number of aliphatic hydroxyl groups excluding tert-OH is 1. The predicted octanol–water partition coefficient (Wildman–Crippen LogP) is 3.99. The zero-order valence-corrected chi connectivity index (χ0v) is 11.0. The van der Waals surface area contributed by atoms with E-state index in [1.165, 1.54) is 0 Å². The van der Waals surface area contributed by atoms with Gasteiger partial charge in [0.05, 0.1) is 12.0 Å². The van der Waals surface area contributed by atoms with Gasteiger partial charge >= 0.3 is 6.18 Å². The van der Waals surface area contributed by atoms with E-state index in [4.69, 9.17) is 4.74 Å². The summed E-state index contributed by atoms with van der Waals surface area (Å²) in [4.78, 5) is 0. The molecule has 1 aliphatic carbocycles. The van der Waals surface area contributed by atoms with Gasteiger partial charge in [0.15, 0.2) is 0 Å². The lowest BCUT2D eigenvalue weighted by Crippen LogP contribution is -2.46. The first kappa shape index (κ1) is 13.7. The van der Waals surface area contributed by atoms with Crippen LogP contribution < -0.4 is 4.74 Å². The molecule has 0 amide bonds. The standard InChI is InChI=1S/C15H17F3O2/c16-15(17,18)10-5-7-14(8-6-10)9-12(19)11-3-1-2-4-13(11)20-14/h1-4,10,12,19H,5-9H2/t10?,12-,14?/m1/s1. The molecule has 3 rings (SSSR count). The minimum absolute atomic E-state index is 0.0817. The Bertz CT molecular complexity index is 490. The van der Waals surface area contributed by atoms with Gasteiger partial charge in [0.1, 0.15) is 11.4 Å². The number of aliphatic hydroxyl groups is 1. The second-order valence-corrected chi connectivity index (χ2v) is 5.86. The van der Waals surface area contributed by atoms with Crippen LogP contribution in [0.5, 0.6) is 5.75 Å². The van der Waals surface area contributed by atoms with E-state index < -0.39 is 23.8 Å². The maximum Gasteiger partial charge on any atom is 0.391 e. The molecule has 1 saturated carbocycles. The Labute approximate surface area is 115 Å². The van der Waals surface area contributed by atoms with Crippen LogP contribution in [0.2, 0.25) is 0 Å². The van der Waals surface area contributed by atoms with Crippen LogP contribution in [0.4, 0.5) is 13.2 Å². The molecular weight excluding hydrogens is 269 g/mol. The molecule has 110 valence electrons. The molecule has 1 spiro atoms. The first-order valence-electron chi connectivity index (χ1n) is 6.92. The molecule has 1 aromatic carbocycles. The van der Waals surface area contributed by atoms with Crippen LogP contribution in [0, 0.1) is 5.92 Å². The molecule has 1 heterocycles. The third-order valence-electron chi connectivity index (χ3n) is 4.53. The molecule has 1 N–H and O–H groups in total. The number of halogens is 3. The molecular formula is C15H17F3O2. The Balaban J connectivity index is 1.77. The average molecular weight is 286 g/mol. The number of hydrogen-bond donors (Lipinski definition) is 1. The number of hydrogen-bond acceptors (Lipinski definition) is 2. The third kappa shape index (κ3) is 2.39. The van der Waals surface area contributed by atoms with Gasteiger partial charge in [-0.3, -0.25) is 0 Å². The van der Waals surface area contributed by atoms with E-state index in [0.717, 1.165) is 5.56 Å². The normalized spacial score (nSPS) is 33.6. The maximum absolute atomic E-state index is 12.7. The zero-order chi connectivity index (χ0) is 14.4. The van der Waals surface area contributed by atoms with Crippen LogP contribution in [0.1, 0.15) is 43.8 Å². The molecule has 1 fully saturated rings. The Kier molecular flexibility index (Phi) is 3.20. The quantitative estimate of drug-likeness (QED) is 0.781. The van der Waals surface area contributed by atoms with Crippen LogP contribution in [-0.2, 0) is 0 Å². The molecule has 1 aromatic rings. The van der Waals surface area contributed by atoms with E-state index in [1.807, 2.05) is 12.1 Å². The van der Waals surface area contributed by atoms with Crippen LogP contribution in [0.25, 0.3) is 0 Å². The largest absolute Gasteiger partial charge is 0.487 e. The van der Waals surface area contributed by atoms with Crippen molar-refractivity contribution in [1.29, 1.82) is 0 Å². The highest BCUT2D eigenvalue weighted by Crippen LogP contribution is 2.49. The molecule has 0 unspecified atom stereocenters. The van der Waals surface area contributed by atoms with Crippen molar-refractivity contribution >= 4 is 0 Å². The van der Waals surface area contributed by atoms with Gasteiger partial charge in [-0.15, -0.1) is 0 Å². The molecule has 2 aliphatic rings. The van der Waals surface area contributed by atoms with E-state index in [-0.39, 0.29) is 12.8 Å². The topological polar surface area (TPSA) is 29.5 Å². The Morgan fingerprint density at radius 1 is 1.15 bits per heavy atom. The van der Waals surface area contributed by atoms with E-state index in [0.29, 0.717) is 25.0 Å². The molecule has 0 radical (unpaired) electrons. The summed E-state index contributed by atoms with van der Waals surface area (Å²) in [7, 11) is 0. The average Bonchev–Trinajstić information content (AvgIpc) is 2.38. The number of ether oxygens (including phenoxy) is 1. The second-order valence-electron chi connectivity index (χ2n) is 5.86. The van der Waals surface area contributed by atoms with Crippen LogP contribution in [0.3, 0.4) is 0 Å². The Morgan fingerprint density at radius 3 is 2.45 bits per heavy atom. The fraction of sp³-hybridized carbons (Fsp3) is 0.600. The number of alkyl halides is 3. The lowest BCUT2D eigenvalue weighted by atomic mass is 9.74. The summed E-state index contributed by atoms with van der Waals surface area (Å²) < 4.78 is 44.1. The summed E-state index contributed by atoms with van der Waals surface area (Å²) >= 11 is 0. The molecule has 0 bridgehead atoms. The minimum Gasteiger partial charge on any atom is -0.487 e. The highest BCUT2D eigenvalue weighted by Gasteiger charge is 2.49. The van der Waals surface area contributed by atoms with E-state index in [1.54, 1.807) is 12.1 Å². The van der Waals surface area contributed by atoms with Gasteiger partial charge in [-0.25, -0.2) is 0 Å². The van der Waals surface area contributed by atoms with Crippen molar-refractivity contribution in [3.63, 3.8) is 0 Å². The van der Waals surface area contributed by atoms with Gasteiger partial charge in [-0.1, -0.05) is 18.2 Å². The fourth-order valence-electron chi connectivity index (χ4n) is 3.36. The summed E-state index contributed by atoms with van der Waals surface area (Å²) in [5.74, 6) is -0.622. The Hall–Kier alpha value is -1.23. The second kappa shape index (κ2) is 4.65. The Morgan fingerprint density at radius 2 is 1.80 bits per heavy atom. The summed E-state index contributed by atoms with van der Waals surface area (Å²) in [6, 6.07) is 7.21. The molecule has 5 heteroatoms. The van der Waals surface area contributed by atoms with E-state index in [9.17, 15) is 18.3 Å². The monoisotopic (exact) mass is 286 g/mol. The van der Waals surface area contributed by atoms with E-state index in [2.05, 4.69) is 0 Å². The zero-order valence-electron chi connectivity index (χ0n) is 11.0. The van der Waals surface area contributed by atoms with Gasteiger partial charge in [0.2, 0.25) is 0 Å². The number of para-hydroxylation sites is 1. The minimum atomic E-state index is -4.12. The highest BCUT2D eigenvalue weighted by molar-refractivity contribution is 5.38. The van der Waals surface area contributed by atoms with Crippen molar-refractivity contribution in [3.05, 3.63) is 29.8 Å². The summed E-state index contributed by atoms with van der Waals surface area (Å²) in [5.41, 5.74) is 0.103. The number of fused-ring (bicyclic) bond motifs is 1. The van der Waals surface area contributed by atoms with E-state index >= 15 is 0 Å². The van der Waals surface area contributed by atoms with Gasteiger partial charge in [0, 0.05) is 12.0 Å². The summed E-state index contributed by atoms with van der Waals surface area (Å²) in [6.07, 6.45) is -3.52. The number of benzene rings is 1. The third-order valence-corrected chi connectivity index (χ3v) is 4.53. The first-order chi connectivity index (χ1) is 9.40. The van der Waals surface area contributed by atoms with Crippen molar-refractivity contribution in [2.75, 3.05) is 0 Å². The van der Waals surface area contributed by atoms with Gasteiger partial charge in [0.25, 0.3) is 0 Å².